The molecule has 0 heterocycles. The molecule has 0 unspecified atom stereocenters. The second-order valence-corrected chi connectivity index (χ2v) is 5.03. The molecule has 102 valence electrons. The molecule has 0 saturated heterocycles. The Balaban J connectivity index is 2.41. The molecule has 0 amide bonds. The van der Waals surface area contributed by atoms with Crippen LogP contribution < -0.4 is 5.32 Å². The molecule has 1 aromatic carbocycles. The predicted octanol–water partition coefficient (Wildman–Crippen LogP) is 3.59. The second kappa shape index (κ2) is 8.88. The standard InChI is InChI=1S/C13H19BrClNO2/c1-3-17-13(18-4-2)9-16-8-10-7-11(14)5-6-12(10)15/h5-7,13,16H,3-4,8-9H2,1-2H3. The van der Waals surface area contributed by atoms with Gasteiger partial charge >= 0.3 is 0 Å². The largest absolute Gasteiger partial charge is 0.352 e. The lowest BCUT2D eigenvalue weighted by molar-refractivity contribution is -0.133. The minimum Gasteiger partial charge on any atom is -0.352 e. The number of ether oxygens (including phenoxy) is 2. The Hall–Kier alpha value is -0.130. The van der Waals surface area contributed by atoms with Crippen molar-refractivity contribution in [1.82, 2.24) is 5.32 Å². The summed E-state index contributed by atoms with van der Waals surface area (Å²) in [4.78, 5) is 0. The molecule has 5 heteroatoms. The van der Waals surface area contributed by atoms with Crippen molar-refractivity contribution in [3.05, 3.63) is 33.3 Å². The van der Waals surface area contributed by atoms with Crippen LogP contribution in [0.3, 0.4) is 0 Å². The fourth-order valence-corrected chi connectivity index (χ4v) is 2.13. The molecule has 18 heavy (non-hydrogen) atoms. The summed E-state index contributed by atoms with van der Waals surface area (Å²) >= 11 is 9.54. The van der Waals surface area contributed by atoms with Gasteiger partial charge in [0.25, 0.3) is 0 Å². The van der Waals surface area contributed by atoms with Gasteiger partial charge < -0.3 is 14.8 Å². The summed E-state index contributed by atoms with van der Waals surface area (Å²) in [6.45, 7) is 6.53. The normalized spacial score (nSPS) is 11.2. The number of nitrogens with one attached hydrogen (secondary N) is 1. The van der Waals surface area contributed by atoms with Crippen LogP contribution >= 0.6 is 27.5 Å². The lowest BCUT2D eigenvalue weighted by Crippen LogP contribution is -2.31. The average Bonchev–Trinajstić information content (AvgIpc) is 2.34. The van der Waals surface area contributed by atoms with E-state index in [0.717, 1.165) is 15.1 Å². The number of rotatable bonds is 8. The molecule has 0 aliphatic heterocycles. The van der Waals surface area contributed by atoms with Crippen LogP contribution in [0.2, 0.25) is 5.02 Å². The molecule has 1 aromatic rings. The third kappa shape index (κ3) is 5.67. The van der Waals surface area contributed by atoms with Gasteiger partial charge in [-0.1, -0.05) is 27.5 Å². The Morgan fingerprint density at radius 1 is 1.28 bits per heavy atom. The fraction of sp³-hybridized carbons (Fsp3) is 0.538. The van der Waals surface area contributed by atoms with Crippen LogP contribution in [0.15, 0.2) is 22.7 Å². The third-order valence-electron chi connectivity index (χ3n) is 2.34. The van der Waals surface area contributed by atoms with Crippen molar-refractivity contribution >= 4 is 27.5 Å². The van der Waals surface area contributed by atoms with E-state index in [4.69, 9.17) is 21.1 Å². The minimum absolute atomic E-state index is 0.203. The number of benzene rings is 1. The molecule has 3 nitrogen and oxygen atoms in total. The maximum absolute atomic E-state index is 6.11. The first-order chi connectivity index (χ1) is 8.67. The molecule has 0 saturated carbocycles. The molecule has 0 aliphatic carbocycles. The van der Waals surface area contributed by atoms with Crippen molar-refractivity contribution < 1.29 is 9.47 Å². The van der Waals surface area contributed by atoms with Crippen molar-refractivity contribution in [2.45, 2.75) is 26.7 Å². The van der Waals surface area contributed by atoms with E-state index < -0.39 is 0 Å². The molecule has 0 aliphatic rings. The summed E-state index contributed by atoms with van der Waals surface area (Å²) in [5.41, 5.74) is 1.05. The second-order valence-electron chi connectivity index (χ2n) is 3.71. The van der Waals surface area contributed by atoms with Gasteiger partial charge in [-0.25, -0.2) is 0 Å². The summed E-state index contributed by atoms with van der Waals surface area (Å²) < 4.78 is 11.9. The van der Waals surface area contributed by atoms with Crippen LogP contribution in [-0.4, -0.2) is 26.0 Å². The molecule has 0 aromatic heterocycles. The molecule has 1 N–H and O–H groups in total. The Labute approximate surface area is 122 Å². The Morgan fingerprint density at radius 3 is 2.56 bits per heavy atom. The molecule has 0 bridgehead atoms. The van der Waals surface area contributed by atoms with Crippen LogP contribution in [0.1, 0.15) is 19.4 Å². The Kier molecular flexibility index (Phi) is 7.86. The van der Waals surface area contributed by atoms with E-state index in [0.29, 0.717) is 26.3 Å². The highest BCUT2D eigenvalue weighted by Crippen LogP contribution is 2.20. The molecule has 1 rings (SSSR count). The van der Waals surface area contributed by atoms with Gasteiger partial charge in [-0.15, -0.1) is 0 Å². The van der Waals surface area contributed by atoms with Crippen molar-refractivity contribution in [2.24, 2.45) is 0 Å². The van der Waals surface area contributed by atoms with E-state index in [1.54, 1.807) is 0 Å². The lowest BCUT2D eigenvalue weighted by atomic mass is 10.2. The fourth-order valence-electron chi connectivity index (χ4n) is 1.54. The van der Waals surface area contributed by atoms with Crippen LogP contribution in [0, 0.1) is 0 Å². The van der Waals surface area contributed by atoms with Gasteiger partial charge in [0.1, 0.15) is 0 Å². The lowest BCUT2D eigenvalue weighted by Gasteiger charge is -2.17. The monoisotopic (exact) mass is 335 g/mol. The molecule has 0 fully saturated rings. The third-order valence-corrected chi connectivity index (χ3v) is 3.20. The van der Waals surface area contributed by atoms with Gasteiger partial charge in [-0.3, -0.25) is 0 Å². The summed E-state index contributed by atoms with van der Waals surface area (Å²) in [5, 5.41) is 4.04. The predicted molar refractivity (Wildman–Crippen MR) is 77.9 cm³/mol. The highest BCUT2D eigenvalue weighted by molar-refractivity contribution is 9.10. The first-order valence-corrected chi connectivity index (χ1v) is 7.22. The van der Waals surface area contributed by atoms with Gasteiger partial charge in [0.05, 0.1) is 0 Å². The number of halogens is 2. The highest BCUT2D eigenvalue weighted by Gasteiger charge is 2.08. The summed E-state index contributed by atoms with van der Waals surface area (Å²) in [5.74, 6) is 0. The quantitative estimate of drug-likeness (QED) is 0.736. The topological polar surface area (TPSA) is 30.5 Å². The van der Waals surface area contributed by atoms with Gasteiger partial charge in [0.15, 0.2) is 6.29 Å². The minimum atomic E-state index is -0.203. The van der Waals surface area contributed by atoms with E-state index >= 15 is 0 Å². The summed E-state index contributed by atoms with van der Waals surface area (Å²) in [7, 11) is 0. The number of hydrogen-bond acceptors (Lipinski definition) is 3. The van der Waals surface area contributed by atoms with Crippen LogP contribution in [0.25, 0.3) is 0 Å². The van der Waals surface area contributed by atoms with E-state index in [1.165, 1.54) is 0 Å². The molecular formula is C13H19BrClNO2. The Bertz CT molecular complexity index is 357. The molecule has 0 radical (unpaired) electrons. The molecule has 0 spiro atoms. The maximum atomic E-state index is 6.11. The van der Waals surface area contributed by atoms with Gasteiger partial charge in [0.2, 0.25) is 0 Å². The summed E-state index contributed by atoms with van der Waals surface area (Å²) in [6.07, 6.45) is -0.203. The average molecular weight is 337 g/mol. The zero-order valence-electron chi connectivity index (χ0n) is 10.7. The first-order valence-electron chi connectivity index (χ1n) is 6.05. The van der Waals surface area contributed by atoms with E-state index in [9.17, 15) is 0 Å². The smallest absolute Gasteiger partial charge is 0.169 e. The molecular weight excluding hydrogens is 318 g/mol. The van der Waals surface area contributed by atoms with Gasteiger partial charge in [0, 0.05) is 35.8 Å². The number of hydrogen-bond donors (Lipinski definition) is 1. The zero-order valence-corrected chi connectivity index (χ0v) is 13.1. The van der Waals surface area contributed by atoms with E-state index in [2.05, 4.69) is 21.2 Å². The van der Waals surface area contributed by atoms with Crippen molar-refractivity contribution in [3.63, 3.8) is 0 Å². The highest BCUT2D eigenvalue weighted by atomic mass is 79.9. The van der Waals surface area contributed by atoms with Crippen molar-refractivity contribution in [3.8, 4) is 0 Å². The van der Waals surface area contributed by atoms with Crippen LogP contribution in [0.4, 0.5) is 0 Å². The van der Waals surface area contributed by atoms with Crippen LogP contribution in [0.5, 0.6) is 0 Å². The van der Waals surface area contributed by atoms with E-state index in [1.807, 2.05) is 32.0 Å². The first kappa shape index (κ1) is 15.9. The molecule has 0 atom stereocenters. The zero-order chi connectivity index (χ0) is 13.4. The van der Waals surface area contributed by atoms with Crippen LogP contribution in [-0.2, 0) is 16.0 Å². The van der Waals surface area contributed by atoms with Crippen molar-refractivity contribution in [1.29, 1.82) is 0 Å². The van der Waals surface area contributed by atoms with E-state index in [-0.39, 0.29) is 6.29 Å². The SMILES string of the molecule is CCOC(CNCc1cc(Br)ccc1Cl)OCC. The maximum Gasteiger partial charge on any atom is 0.169 e. The summed E-state index contributed by atoms with van der Waals surface area (Å²) in [6, 6.07) is 5.81. The van der Waals surface area contributed by atoms with Gasteiger partial charge in [-0.05, 0) is 37.6 Å². The Morgan fingerprint density at radius 2 is 1.94 bits per heavy atom. The van der Waals surface area contributed by atoms with Crippen molar-refractivity contribution in [2.75, 3.05) is 19.8 Å². The van der Waals surface area contributed by atoms with Gasteiger partial charge in [-0.2, -0.15) is 0 Å².